The van der Waals surface area contributed by atoms with Gasteiger partial charge in [0.25, 0.3) is 0 Å². The maximum absolute atomic E-state index is 13.3. The number of likely N-dealkylation sites (N-methyl/N-ethyl adjacent to an activating group) is 1. The zero-order valence-electron chi connectivity index (χ0n) is 12.3. The van der Waals surface area contributed by atoms with Gasteiger partial charge in [-0.2, -0.15) is 0 Å². The van der Waals surface area contributed by atoms with E-state index in [1.165, 1.54) is 12.1 Å². The number of aliphatic hydroxyl groups excluding tert-OH is 1. The number of nitrogens with zero attached hydrogens (tertiary/aromatic N) is 1. The van der Waals surface area contributed by atoms with E-state index >= 15 is 0 Å². The van der Waals surface area contributed by atoms with Crippen molar-refractivity contribution in [3.05, 3.63) is 29.6 Å². The average Bonchev–Trinajstić information content (AvgIpc) is 2.39. The molecule has 21 heavy (non-hydrogen) atoms. The fraction of sp³-hybridized carbons (Fsp3) is 0.429. The minimum Gasteiger partial charge on any atom is -0.390 e. The summed E-state index contributed by atoms with van der Waals surface area (Å²) in [5, 5.41) is 14.2. The van der Waals surface area contributed by atoms with Crippen molar-refractivity contribution < 1.29 is 19.1 Å². The molecule has 0 saturated heterocycles. The summed E-state index contributed by atoms with van der Waals surface area (Å²) in [4.78, 5) is 24.9. The normalized spacial score (nSPS) is 12.1. The molecule has 0 bridgehead atoms. The van der Waals surface area contributed by atoms with E-state index in [4.69, 9.17) is 0 Å². The van der Waals surface area contributed by atoms with Crippen LogP contribution in [-0.2, 0) is 9.59 Å². The van der Waals surface area contributed by atoms with Crippen LogP contribution in [0.5, 0.6) is 0 Å². The molecule has 0 spiro atoms. The number of benzene rings is 1. The lowest BCUT2D eigenvalue weighted by molar-refractivity contribution is -0.136. The van der Waals surface area contributed by atoms with Gasteiger partial charge < -0.3 is 20.6 Å². The minimum absolute atomic E-state index is 0.0350. The van der Waals surface area contributed by atoms with Crippen LogP contribution in [-0.4, -0.2) is 55.1 Å². The number of rotatable bonds is 5. The van der Waals surface area contributed by atoms with Gasteiger partial charge in [0.05, 0.1) is 6.10 Å². The summed E-state index contributed by atoms with van der Waals surface area (Å²) < 4.78 is 13.3. The van der Waals surface area contributed by atoms with Crippen LogP contribution in [0.3, 0.4) is 0 Å². The number of carbonyl (C=O) groups is 2. The number of aliphatic hydroxyl groups is 1. The molecule has 3 N–H and O–H groups in total. The number of hydrogen-bond acceptors (Lipinski definition) is 4. The van der Waals surface area contributed by atoms with Crippen molar-refractivity contribution in [1.29, 1.82) is 0 Å². The second-order valence-corrected chi connectivity index (χ2v) is 5.04. The van der Waals surface area contributed by atoms with Crippen molar-refractivity contribution in [2.45, 2.75) is 13.0 Å². The molecular weight excluding hydrogens is 277 g/mol. The van der Waals surface area contributed by atoms with Crippen LogP contribution < -0.4 is 10.6 Å². The number of halogens is 1. The highest BCUT2D eigenvalue weighted by atomic mass is 19.1. The summed E-state index contributed by atoms with van der Waals surface area (Å²) in [5.41, 5.74) is 0.649. The Bertz CT molecular complexity index is 520. The second kappa shape index (κ2) is 7.70. The Morgan fingerprint density at radius 3 is 2.57 bits per heavy atom. The SMILES string of the molecule is Cc1ccc(NC(=O)C(=O)NC[C@@H](O)CN(C)C)cc1F. The summed E-state index contributed by atoms with van der Waals surface area (Å²) in [6.07, 6.45) is -0.770. The van der Waals surface area contributed by atoms with E-state index in [1.54, 1.807) is 25.9 Å². The third kappa shape index (κ3) is 5.88. The molecule has 0 saturated carbocycles. The summed E-state index contributed by atoms with van der Waals surface area (Å²) in [5.74, 6) is -2.25. The van der Waals surface area contributed by atoms with Crippen molar-refractivity contribution in [3.63, 3.8) is 0 Å². The van der Waals surface area contributed by atoms with Crippen LogP contribution >= 0.6 is 0 Å². The van der Waals surface area contributed by atoms with Gasteiger partial charge in [-0.1, -0.05) is 6.07 Å². The van der Waals surface area contributed by atoms with Gasteiger partial charge in [-0.3, -0.25) is 9.59 Å². The smallest absolute Gasteiger partial charge is 0.313 e. The maximum Gasteiger partial charge on any atom is 0.313 e. The molecule has 1 aromatic carbocycles. The van der Waals surface area contributed by atoms with E-state index in [2.05, 4.69) is 10.6 Å². The number of nitrogens with one attached hydrogen (secondary N) is 2. The van der Waals surface area contributed by atoms with E-state index in [1.807, 2.05) is 0 Å². The maximum atomic E-state index is 13.3. The molecule has 0 heterocycles. The van der Waals surface area contributed by atoms with E-state index in [0.29, 0.717) is 12.1 Å². The lowest BCUT2D eigenvalue weighted by Gasteiger charge is -2.16. The fourth-order valence-electron chi connectivity index (χ4n) is 1.64. The minimum atomic E-state index is -0.907. The molecule has 1 atom stereocenters. The first-order valence-electron chi connectivity index (χ1n) is 6.47. The van der Waals surface area contributed by atoms with Gasteiger partial charge in [-0.15, -0.1) is 0 Å². The number of aryl methyl sites for hydroxylation is 1. The van der Waals surface area contributed by atoms with E-state index < -0.39 is 23.7 Å². The molecule has 0 aromatic heterocycles. The molecule has 0 aliphatic heterocycles. The average molecular weight is 297 g/mol. The summed E-state index contributed by atoms with van der Waals surface area (Å²) in [6.45, 7) is 1.93. The second-order valence-electron chi connectivity index (χ2n) is 5.04. The van der Waals surface area contributed by atoms with Crippen molar-refractivity contribution >= 4 is 17.5 Å². The third-order valence-corrected chi connectivity index (χ3v) is 2.71. The topological polar surface area (TPSA) is 81.7 Å². The van der Waals surface area contributed by atoms with Gasteiger partial charge in [0, 0.05) is 18.8 Å². The Balaban J connectivity index is 2.47. The van der Waals surface area contributed by atoms with Crippen molar-refractivity contribution in [2.24, 2.45) is 0 Å². The lowest BCUT2D eigenvalue weighted by Crippen LogP contribution is -2.42. The Morgan fingerprint density at radius 2 is 2.00 bits per heavy atom. The van der Waals surface area contributed by atoms with Crippen molar-refractivity contribution in [1.82, 2.24) is 10.2 Å². The fourth-order valence-corrected chi connectivity index (χ4v) is 1.64. The molecule has 1 rings (SSSR count). The first-order valence-corrected chi connectivity index (χ1v) is 6.47. The van der Waals surface area contributed by atoms with Gasteiger partial charge >= 0.3 is 11.8 Å². The molecule has 0 radical (unpaired) electrons. The predicted octanol–water partition coefficient (Wildman–Crippen LogP) is 0.111. The van der Waals surface area contributed by atoms with Gasteiger partial charge in [0.2, 0.25) is 0 Å². The summed E-state index contributed by atoms with van der Waals surface area (Å²) in [7, 11) is 3.56. The Morgan fingerprint density at radius 1 is 1.33 bits per heavy atom. The lowest BCUT2D eigenvalue weighted by atomic mass is 10.2. The molecule has 0 unspecified atom stereocenters. The van der Waals surface area contributed by atoms with Gasteiger partial charge in [0.1, 0.15) is 5.82 Å². The zero-order chi connectivity index (χ0) is 16.0. The largest absolute Gasteiger partial charge is 0.390 e. The quantitative estimate of drug-likeness (QED) is 0.674. The van der Waals surface area contributed by atoms with Crippen LogP contribution in [0, 0.1) is 12.7 Å². The first kappa shape index (κ1) is 17.1. The van der Waals surface area contributed by atoms with Crippen molar-refractivity contribution in [3.8, 4) is 0 Å². The Kier molecular flexibility index (Phi) is 6.26. The number of anilines is 1. The van der Waals surface area contributed by atoms with E-state index in [9.17, 15) is 19.1 Å². The van der Waals surface area contributed by atoms with Crippen LogP contribution in [0.15, 0.2) is 18.2 Å². The van der Waals surface area contributed by atoms with Crippen LogP contribution in [0.4, 0.5) is 10.1 Å². The molecule has 0 aliphatic rings. The number of hydrogen-bond donors (Lipinski definition) is 3. The van der Waals surface area contributed by atoms with Crippen LogP contribution in [0.1, 0.15) is 5.56 Å². The van der Waals surface area contributed by atoms with Crippen LogP contribution in [0.2, 0.25) is 0 Å². The third-order valence-electron chi connectivity index (χ3n) is 2.71. The molecule has 7 heteroatoms. The molecule has 0 aliphatic carbocycles. The molecule has 1 aromatic rings. The Labute approximate surface area is 122 Å². The highest BCUT2D eigenvalue weighted by molar-refractivity contribution is 6.39. The molecule has 0 fully saturated rings. The van der Waals surface area contributed by atoms with Crippen molar-refractivity contribution in [2.75, 3.05) is 32.5 Å². The molecule has 2 amide bonds. The monoisotopic (exact) mass is 297 g/mol. The molecular formula is C14H20FN3O3. The summed E-state index contributed by atoms with van der Waals surface area (Å²) in [6, 6.07) is 4.15. The highest BCUT2D eigenvalue weighted by Crippen LogP contribution is 2.13. The van der Waals surface area contributed by atoms with Crippen LogP contribution in [0.25, 0.3) is 0 Å². The predicted molar refractivity (Wildman–Crippen MR) is 77.3 cm³/mol. The standard InChI is InChI=1S/C14H20FN3O3/c1-9-4-5-10(6-12(9)15)17-14(21)13(20)16-7-11(19)8-18(2)3/h4-6,11,19H,7-8H2,1-3H3,(H,16,20)(H,17,21)/t11-/m1/s1. The molecule has 6 nitrogen and oxygen atoms in total. The van der Waals surface area contributed by atoms with E-state index in [0.717, 1.165) is 6.07 Å². The number of amides is 2. The first-order chi connectivity index (χ1) is 9.79. The highest BCUT2D eigenvalue weighted by Gasteiger charge is 2.15. The van der Waals surface area contributed by atoms with E-state index in [-0.39, 0.29) is 12.2 Å². The number of carbonyl (C=O) groups excluding carboxylic acids is 2. The Hall–Kier alpha value is -1.99. The molecule has 116 valence electrons. The van der Waals surface area contributed by atoms with Gasteiger partial charge in [-0.05, 0) is 38.7 Å². The zero-order valence-corrected chi connectivity index (χ0v) is 12.3. The summed E-state index contributed by atoms with van der Waals surface area (Å²) >= 11 is 0. The van der Waals surface area contributed by atoms with Gasteiger partial charge in [0.15, 0.2) is 0 Å². The van der Waals surface area contributed by atoms with Gasteiger partial charge in [-0.25, -0.2) is 4.39 Å².